The summed E-state index contributed by atoms with van der Waals surface area (Å²) in [7, 11) is 2.21. The third-order valence-corrected chi connectivity index (χ3v) is 7.14. The standard InChI is InChI=1S/C30H26F6N6O5/c1-15(31)47-17-6-4-16(5-7-17)28(44)39-25-26(24-20(32)12-18(46-3)13-21(24)33)40(2)42(29(25)45)27-19(30(34,35)36)8-9-22(38-27)41-11-10-37-23(43)14-41/h4-9,12-13,15H,10-11,14H2,1-3H3,(H,37,43)(H,39,44). The van der Waals surface area contributed by atoms with Crippen molar-refractivity contribution in [3.05, 3.63) is 81.6 Å². The molecule has 0 saturated carbocycles. The Kier molecular flexibility index (Phi) is 8.91. The van der Waals surface area contributed by atoms with Gasteiger partial charge in [0, 0.05) is 44.8 Å². The number of ether oxygens (including phenoxy) is 2. The van der Waals surface area contributed by atoms with Crippen LogP contribution in [-0.4, -0.2) is 59.3 Å². The zero-order valence-electron chi connectivity index (χ0n) is 24.9. The van der Waals surface area contributed by atoms with Crippen LogP contribution in [0.2, 0.25) is 0 Å². The fraction of sp³-hybridized carbons (Fsp3) is 0.267. The number of carbonyl (C=O) groups excluding carboxylic acids is 2. The second kappa shape index (κ2) is 12.7. The van der Waals surface area contributed by atoms with Crippen LogP contribution < -0.4 is 30.6 Å². The molecule has 3 heterocycles. The van der Waals surface area contributed by atoms with Crippen molar-refractivity contribution in [2.75, 3.05) is 37.0 Å². The van der Waals surface area contributed by atoms with Gasteiger partial charge in [-0.15, -0.1) is 0 Å². The molecule has 1 unspecified atom stereocenters. The number of anilines is 2. The first kappa shape index (κ1) is 32.9. The molecule has 11 nitrogen and oxygen atoms in total. The van der Waals surface area contributed by atoms with Gasteiger partial charge in [0.1, 0.15) is 45.9 Å². The number of methoxy groups -OCH3 is 1. The van der Waals surface area contributed by atoms with Crippen molar-refractivity contribution in [3.63, 3.8) is 0 Å². The van der Waals surface area contributed by atoms with Crippen molar-refractivity contribution in [1.82, 2.24) is 19.7 Å². The number of rotatable bonds is 8. The molecular formula is C30H26F6N6O5. The first-order chi connectivity index (χ1) is 22.2. The van der Waals surface area contributed by atoms with E-state index in [0.717, 1.165) is 44.0 Å². The Hall–Kier alpha value is -5.48. The number of nitrogens with one attached hydrogen (secondary N) is 2. The normalized spacial score (nSPS) is 14.1. The summed E-state index contributed by atoms with van der Waals surface area (Å²) in [5, 5.41) is 4.85. The fourth-order valence-corrected chi connectivity index (χ4v) is 5.03. The topological polar surface area (TPSA) is 120 Å². The van der Waals surface area contributed by atoms with E-state index in [2.05, 4.69) is 15.6 Å². The molecule has 1 aliphatic rings. The molecule has 2 N–H and O–H groups in total. The molecule has 4 aromatic rings. The van der Waals surface area contributed by atoms with Crippen molar-refractivity contribution < 1.29 is 45.4 Å². The molecule has 5 rings (SSSR count). The number of hydrogen-bond acceptors (Lipinski definition) is 7. The highest BCUT2D eigenvalue weighted by Crippen LogP contribution is 2.37. The van der Waals surface area contributed by atoms with Crippen molar-refractivity contribution in [1.29, 1.82) is 0 Å². The zero-order valence-corrected chi connectivity index (χ0v) is 24.9. The van der Waals surface area contributed by atoms with Crippen LogP contribution in [0.5, 0.6) is 11.5 Å². The number of piperazine rings is 1. The number of carbonyl (C=O) groups is 2. The molecule has 1 saturated heterocycles. The summed E-state index contributed by atoms with van der Waals surface area (Å²) in [5.74, 6) is -5.16. The molecule has 1 atom stereocenters. The predicted molar refractivity (Wildman–Crippen MR) is 157 cm³/mol. The quantitative estimate of drug-likeness (QED) is 0.268. The molecule has 1 fully saturated rings. The molecule has 47 heavy (non-hydrogen) atoms. The number of aromatic nitrogens is 3. The summed E-state index contributed by atoms with van der Waals surface area (Å²) < 4.78 is 98.1. The first-order valence-corrected chi connectivity index (χ1v) is 13.9. The van der Waals surface area contributed by atoms with Crippen LogP contribution in [0, 0.1) is 11.6 Å². The van der Waals surface area contributed by atoms with Gasteiger partial charge in [0.15, 0.2) is 5.82 Å². The molecule has 1 aliphatic heterocycles. The Bertz CT molecular complexity index is 1880. The second-order valence-corrected chi connectivity index (χ2v) is 10.3. The molecule has 2 aromatic carbocycles. The van der Waals surface area contributed by atoms with Crippen LogP contribution in [0.25, 0.3) is 17.1 Å². The second-order valence-electron chi connectivity index (χ2n) is 10.3. The van der Waals surface area contributed by atoms with Gasteiger partial charge >= 0.3 is 6.18 Å². The number of alkyl halides is 4. The lowest BCUT2D eigenvalue weighted by molar-refractivity contribution is -0.137. The average Bonchev–Trinajstić information content (AvgIpc) is 3.24. The van der Waals surface area contributed by atoms with Crippen molar-refractivity contribution in [3.8, 4) is 28.6 Å². The molecule has 2 aromatic heterocycles. The molecule has 0 aliphatic carbocycles. The number of hydrogen-bond donors (Lipinski definition) is 2. The van der Waals surface area contributed by atoms with E-state index >= 15 is 8.78 Å². The van der Waals surface area contributed by atoms with Crippen molar-refractivity contribution in [2.24, 2.45) is 7.05 Å². The summed E-state index contributed by atoms with van der Waals surface area (Å²) >= 11 is 0. The third kappa shape index (κ3) is 6.59. The predicted octanol–water partition coefficient (Wildman–Crippen LogP) is 4.43. The van der Waals surface area contributed by atoms with Gasteiger partial charge in [-0.3, -0.25) is 19.1 Å². The Morgan fingerprint density at radius 3 is 2.28 bits per heavy atom. The summed E-state index contributed by atoms with van der Waals surface area (Å²) in [5.41, 5.74) is -5.09. The van der Waals surface area contributed by atoms with Crippen molar-refractivity contribution in [2.45, 2.75) is 19.5 Å². The first-order valence-electron chi connectivity index (χ1n) is 13.9. The highest BCUT2D eigenvalue weighted by Gasteiger charge is 2.38. The summed E-state index contributed by atoms with van der Waals surface area (Å²) in [4.78, 5) is 44.7. The highest BCUT2D eigenvalue weighted by molar-refractivity contribution is 6.06. The summed E-state index contributed by atoms with van der Waals surface area (Å²) in [6.45, 7) is 1.27. The van der Waals surface area contributed by atoms with Crippen LogP contribution in [0.15, 0.2) is 53.3 Å². The Morgan fingerprint density at radius 2 is 1.70 bits per heavy atom. The Labute approximate surface area is 262 Å². The monoisotopic (exact) mass is 664 g/mol. The largest absolute Gasteiger partial charge is 0.497 e. The summed E-state index contributed by atoms with van der Waals surface area (Å²) in [6, 6.07) is 8.21. The Morgan fingerprint density at radius 1 is 1.04 bits per heavy atom. The zero-order chi connectivity index (χ0) is 34.2. The SMILES string of the molecule is COc1cc(F)c(-c2c(NC(=O)c3ccc(OC(C)F)cc3)c(=O)n(-c3nc(N4CCNC(=O)C4)ccc3C(F)(F)F)n2C)c(F)c1. The van der Waals surface area contributed by atoms with Crippen LogP contribution in [-0.2, 0) is 18.0 Å². The van der Waals surface area contributed by atoms with Gasteiger partial charge < -0.3 is 25.0 Å². The minimum absolute atomic E-state index is 0.0681. The van der Waals surface area contributed by atoms with Crippen LogP contribution in [0.4, 0.5) is 37.8 Å². The number of pyridine rings is 1. The average molecular weight is 665 g/mol. The molecule has 17 heteroatoms. The van der Waals surface area contributed by atoms with E-state index in [-0.39, 0.29) is 42.5 Å². The van der Waals surface area contributed by atoms with Gasteiger partial charge in [0.25, 0.3) is 11.5 Å². The van der Waals surface area contributed by atoms with Gasteiger partial charge in [0.2, 0.25) is 12.3 Å². The molecular weight excluding hydrogens is 638 g/mol. The lowest BCUT2D eigenvalue weighted by Crippen LogP contribution is -2.48. The van der Waals surface area contributed by atoms with Crippen LogP contribution in [0.1, 0.15) is 22.8 Å². The highest BCUT2D eigenvalue weighted by atomic mass is 19.4. The van der Waals surface area contributed by atoms with Gasteiger partial charge in [-0.1, -0.05) is 0 Å². The van der Waals surface area contributed by atoms with E-state index in [1.54, 1.807) is 0 Å². The lowest BCUT2D eigenvalue weighted by atomic mass is 10.1. The molecule has 0 radical (unpaired) electrons. The Balaban J connectivity index is 1.72. The number of amides is 2. The van der Waals surface area contributed by atoms with E-state index in [1.807, 2.05) is 0 Å². The fourth-order valence-electron chi connectivity index (χ4n) is 5.03. The molecule has 248 valence electrons. The van der Waals surface area contributed by atoms with E-state index in [1.165, 1.54) is 29.2 Å². The van der Waals surface area contributed by atoms with Gasteiger partial charge in [-0.2, -0.15) is 17.9 Å². The van der Waals surface area contributed by atoms with E-state index in [9.17, 15) is 31.9 Å². The van der Waals surface area contributed by atoms with Gasteiger partial charge in [-0.25, -0.2) is 18.2 Å². The van der Waals surface area contributed by atoms with E-state index in [0.29, 0.717) is 10.7 Å². The van der Waals surface area contributed by atoms with Crippen LogP contribution in [0.3, 0.4) is 0 Å². The summed E-state index contributed by atoms with van der Waals surface area (Å²) in [6.07, 6.45) is -6.72. The third-order valence-electron chi connectivity index (χ3n) is 7.14. The minimum Gasteiger partial charge on any atom is -0.497 e. The lowest BCUT2D eigenvalue weighted by Gasteiger charge is -2.28. The van der Waals surface area contributed by atoms with Crippen LogP contribution >= 0.6 is 0 Å². The maximum Gasteiger partial charge on any atom is 0.420 e. The number of halogens is 6. The number of nitrogens with zero attached hydrogens (tertiary/aromatic N) is 4. The minimum atomic E-state index is -5.06. The smallest absolute Gasteiger partial charge is 0.420 e. The molecule has 0 spiro atoms. The van der Waals surface area contributed by atoms with Crippen molar-refractivity contribution >= 4 is 23.3 Å². The molecule has 0 bridgehead atoms. The van der Waals surface area contributed by atoms with E-state index in [4.69, 9.17) is 9.47 Å². The van der Waals surface area contributed by atoms with Gasteiger partial charge in [0.05, 0.1) is 19.2 Å². The molecule has 2 amide bonds. The number of benzene rings is 2. The van der Waals surface area contributed by atoms with E-state index < -0.39 is 69.9 Å². The van der Waals surface area contributed by atoms with Gasteiger partial charge in [-0.05, 0) is 36.4 Å². The maximum absolute atomic E-state index is 15.5. The maximum atomic E-state index is 15.5.